The minimum atomic E-state index is 0.00190. The number of allylic oxidation sites excluding steroid dienone is 1. The van der Waals surface area contributed by atoms with Crippen molar-refractivity contribution in [1.29, 1.82) is 0 Å². The summed E-state index contributed by atoms with van der Waals surface area (Å²) in [6.45, 7) is 6.14. The van der Waals surface area contributed by atoms with Crippen molar-refractivity contribution in [3.63, 3.8) is 0 Å². The highest BCUT2D eigenvalue weighted by Gasteiger charge is 2.59. The van der Waals surface area contributed by atoms with Gasteiger partial charge < -0.3 is 4.74 Å². The van der Waals surface area contributed by atoms with Crippen LogP contribution in [-0.2, 0) is 9.53 Å². The average molecular weight is 192 g/mol. The Bertz CT molecular complexity index is 307. The Hall–Kier alpha value is -0.790. The zero-order valence-electron chi connectivity index (χ0n) is 8.53. The predicted molar refractivity (Wildman–Crippen MR) is 52.2 cm³/mol. The number of esters is 1. The van der Waals surface area contributed by atoms with Crippen LogP contribution in [0, 0.1) is 29.6 Å². The van der Waals surface area contributed by atoms with E-state index in [1.807, 2.05) is 0 Å². The molecule has 0 amide bonds. The molecule has 5 unspecified atom stereocenters. The van der Waals surface area contributed by atoms with Gasteiger partial charge in [0.2, 0.25) is 0 Å². The van der Waals surface area contributed by atoms with Crippen molar-refractivity contribution >= 4 is 5.97 Å². The molecule has 0 radical (unpaired) electrons. The molecule has 1 saturated heterocycles. The van der Waals surface area contributed by atoms with Gasteiger partial charge in [0.1, 0.15) is 5.76 Å². The van der Waals surface area contributed by atoms with Crippen molar-refractivity contribution in [1.82, 2.24) is 0 Å². The van der Waals surface area contributed by atoms with Crippen LogP contribution in [0.1, 0.15) is 26.2 Å². The van der Waals surface area contributed by atoms with Gasteiger partial charge >= 0.3 is 5.97 Å². The van der Waals surface area contributed by atoms with Crippen LogP contribution in [-0.4, -0.2) is 5.97 Å². The Kier molecular flexibility index (Phi) is 1.59. The molecule has 0 N–H and O–H groups in total. The second kappa shape index (κ2) is 2.62. The minimum Gasteiger partial charge on any atom is -0.431 e. The number of carbonyl (C=O) groups is 1. The molecule has 2 nitrogen and oxygen atoms in total. The molecule has 2 aliphatic carbocycles. The quantitative estimate of drug-likeness (QED) is 0.596. The van der Waals surface area contributed by atoms with E-state index in [0.29, 0.717) is 17.8 Å². The lowest BCUT2D eigenvalue weighted by molar-refractivity contribution is -0.140. The lowest BCUT2D eigenvalue weighted by Gasteiger charge is -2.27. The smallest absolute Gasteiger partial charge is 0.315 e. The fraction of sp³-hybridized carbons (Fsp3) is 0.750. The summed E-state index contributed by atoms with van der Waals surface area (Å²) in [5.41, 5.74) is 0. The van der Waals surface area contributed by atoms with Gasteiger partial charge in [-0.15, -0.1) is 0 Å². The molecule has 0 aromatic rings. The molecule has 3 aliphatic rings. The summed E-state index contributed by atoms with van der Waals surface area (Å²) in [6.07, 6.45) is 3.72. The molecule has 3 fully saturated rings. The number of hydrogen-bond donors (Lipinski definition) is 0. The molecule has 2 heteroatoms. The van der Waals surface area contributed by atoms with E-state index in [1.54, 1.807) is 0 Å². The first-order valence-corrected chi connectivity index (χ1v) is 5.62. The predicted octanol–water partition coefficient (Wildman–Crippen LogP) is 2.36. The van der Waals surface area contributed by atoms with Crippen LogP contribution >= 0.6 is 0 Å². The van der Waals surface area contributed by atoms with Crippen LogP contribution in [0.5, 0.6) is 0 Å². The second-order valence-electron chi connectivity index (χ2n) is 5.00. The summed E-state index contributed by atoms with van der Waals surface area (Å²) < 4.78 is 5.17. The van der Waals surface area contributed by atoms with E-state index < -0.39 is 0 Å². The number of fused-ring (bicyclic) bond motifs is 5. The van der Waals surface area contributed by atoms with Crippen LogP contribution in [0.15, 0.2) is 12.3 Å². The van der Waals surface area contributed by atoms with E-state index in [-0.39, 0.29) is 11.9 Å². The number of cyclic esters (lactones) is 1. The summed E-state index contributed by atoms with van der Waals surface area (Å²) >= 11 is 0. The zero-order valence-corrected chi connectivity index (χ0v) is 8.53. The normalized spacial score (nSPS) is 49.6. The molecule has 2 saturated carbocycles. The molecular weight excluding hydrogens is 176 g/mol. The van der Waals surface area contributed by atoms with Gasteiger partial charge in [-0.25, -0.2) is 0 Å². The number of rotatable bonds is 1. The molecule has 76 valence electrons. The van der Waals surface area contributed by atoms with Crippen molar-refractivity contribution in [3.05, 3.63) is 12.3 Å². The number of ether oxygens (including phenoxy) is 1. The van der Waals surface area contributed by atoms with Crippen molar-refractivity contribution < 1.29 is 9.53 Å². The molecule has 2 bridgehead atoms. The lowest BCUT2D eigenvalue weighted by Crippen LogP contribution is -2.27. The highest BCUT2D eigenvalue weighted by atomic mass is 16.5. The highest BCUT2D eigenvalue weighted by Crippen LogP contribution is 2.60. The Morgan fingerprint density at radius 1 is 1.43 bits per heavy atom. The molecule has 0 spiro atoms. The van der Waals surface area contributed by atoms with Gasteiger partial charge in [-0.3, -0.25) is 4.79 Å². The average Bonchev–Trinajstić information content (AvgIpc) is 2.78. The van der Waals surface area contributed by atoms with E-state index in [0.717, 1.165) is 11.7 Å². The second-order valence-corrected chi connectivity index (χ2v) is 5.00. The van der Waals surface area contributed by atoms with E-state index >= 15 is 0 Å². The van der Waals surface area contributed by atoms with Gasteiger partial charge in [0.25, 0.3) is 0 Å². The van der Waals surface area contributed by atoms with Crippen LogP contribution in [0.2, 0.25) is 0 Å². The minimum absolute atomic E-state index is 0.00190. The standard InChI is InChI=1S/C12H16O2/c1-3-7-4-8-5-9(7)10-6(2)14-12(13)11(8)10/h7-11H,2-5H2,1H3. The van der Waals surface area contributed by atoms with Crippen LogP contribution in [0.3, 0.4) is 0 Å². The maximum atomic E-state index is 11.6. The van der Waals surface area contributed by atoms with E-state index in [1.165, 1.54) is 19.3 Å². The molecule has 1 heterocycles. The van der Waals surface area contributed by atoms with Crippen molar-refractivity contribution in [2.45, 2.75) is 26.2 Å². The Morgan fingerprint density at radius 2 is 2.21 bits per heavy atom. The Labute approximate surface area is 84.3 Å². The molecule has 14 heavy (non-hydrogen) atoms. The lowest BCUT2D eigenvalue weighted by atomic mass is 9.74. The topological polar surface area (TPSA) is 26.3 Å². The third-order valence-corrected chi connectivity index (χ3v) is 4.54. The van der Waals surface area contributed by atoms with Crippen LogP contribution in [0.4, 0.5) is 0 Å². The first-order chi connectivity index (χ1) is 6.72. The van der Waals surface area contributed by atoms with Gasteiger partial charge in [-0.1, -0.05) is 19.9 Å². The van der Waals surface area contributed by atoms with Crippen LogP contribution < -0.4 is 0 Å². The third-order valence-electron chi connectivity index (χ3n) is 4.54. The summed E-state index contributed by atoms with van der Waals surface area (Å²) in [4.78, 5) is 11.6. The summed E-state index contributed by atoms with van der Waals surface area (Å²) in [5, 5.41) is 0. The molecule has 1 aliphatic heterocycles. The van der Waals surface area contributed by atoms with Gasteiger partial charge in [-0.05, 0) is 30.6 Å². The largest absolute Gasteiger partial charge is 0.431 e. The van der Waals surface area contributed by atoms with E-state index in [9.17, 15) is 4.79 Å². The van der Waals surface area contributed by atoms with Gasteiger partial charge in [0.15, 0.2) is 0 Å². The monoisotopic (exact) mass is 192 g/mol. The Balaban J connectivity index is 1.94. The SMILES string of the molecule is C=C1OC(=O)C2C3CC(CC)C(C3)C12. The summed E-state index contributed by atoms with van der Waals surface area (Å²) in [7, 11) is 0. The van der Waals surface area contributed by atoms with Gasteiger partial charge in [0, 0.05) is 5.92 Å². The maximum Gasteiger partial charge on any atom is 0.315 e. The van der Waals surface area contributed by atoms with Crippen molar-refractivity contribution in [2.24, 2.45) is 29.6 Å². The highest BCUT2D eigenvalue weighted by molar-refractivity contribution is 5.78. The fourth-order valence-corrected chi connectivity index (χ4v) is 4.01. The fourth-order valence-electron chi connectivity index (χ4n) is 4.01. The van der Waals surface area contributed by atoms with Gasteiger partial charge in [-0.2, -0.15) is 0 Å². The van der Waals surface area contributed by atoms with E-state index in [4.69, 9.17) is 4.74 Å². The zero-order chi connectivity index (χ0) is 9.87. The van der Waals surface area contributed by atoms with Crippen LogP contribution in [0.25, 0.3) is 0 Å². The molecule has 0 aromatic heterocycles. The van der Waals surface area contributed by atoms with E-state index in [2.05, 4.69) is 13.5 Å². The molecule has 3 rings (SSSR count). The number of carbonyl (C=O) groups excluding carboxylic acids is 1. The molecular formula is C12H16O2. The number of hydrogen-bond acceptors (Lipinski definition) is 2. The molecule has 0 aromatic carbocycles. The first-order valence-electron chi connectivity index (χ1n) is 5.62. The first kappa shape index (κ1) is 8.51. The van der Waals surface area contributed by atoms with Crippen molar-refractivity contribution in [2.75, 3.05) is 0 Å². The summed E-state index contributed by atoms with van der Waals surface area (Å²) in [5.74, 6) is 3.40. The maximum absolute atomic E-state index is 11.6. The van der Waals surface area contributed by atoms with Gasteiger partial charge in [0.05, 0.1) is 5.92 Å². The summed E-state index contributed by atoms with van der Waals surface area (Å²) in [6, 6.07) is 0. The third kappa shape index (κ3) is 0.844. The molecule has 5 atom stereocenters. The van der Waals surface area contributed by atoms with Crippen molar-refractivity contribution in [3.8, 4) is 0 Å². The Morgan fingerprint density at radius 3 is 2.93 bits per heavy atom.